The smallest absolute Gasteiger partial charge is 0.211 e. The van der Waals surface area contributed by atoms with E-state index in [0.29, 0.717) is 19.6 Å². The minimum Gasteiger partial charge on any atom is -0.311 e. The SMILES string of the molecule is CCN(CCCNCc1ccn(C)n1)S(C)(=O)=O. The Hall–Kier alpha value is -0.920. The molecule has 0 bridgehead atoms. The van der Waals surface area contributed by atoms with Gasteiger partial charge in [-0.05, 0) is 19.0 Å². The molecule has 0 amide bonds. The predicted octanol–water partition coefficient (Wildman–Crippen LogP) is 0.181. The molecule has 6 nitrogen and oxygen atoms in total. The number of sulfonamides is 1. The van der Waals surface area contributed by atoms with Crippen LogP contribution in [0, 0.1) is 0 Å². The average molecular weight is 274 g/mol. The van der Waals surface area contributed by atoms with Gasteiger partial charge in [0.1, 0.15) is 0 Å². The Morgan fingerprint density at radius 2 is 2.22 bits per heavy atom. The zero-order valence-electron chi connectivity index (χ0n) is 11.3. The van der Waals surface area contributed by atoms with Gasteiger partial charge in [-0.15, -0.1) is 0 Å². The minimum absolute atomic E-state index is 0.527. The van der Waals surface area contributed by atoms with E-state index in [1.807, 2.05) is 26.2 Å². The van der Waals surface area contributed by atoms with Crippen LogP contribution in [-0.2, 0) is 23.6 Å². The van der Waals surface area contributed by atoms with Crippen molar-refractivity contribution in [2.75, 3.05) is 25.9 Å². The van der Waals surface area contributed by atoms with Crippen molar-refractivity contribution in [2.24, 2.45) is 7.05 Å². The van der Waals surface area contributed by atoms with Crippen LogP contribution in [0.1, 0.15) is 19.0 Å². The second-order valence-corrected chi connectivity index (χ2v) is 6.25. The third-order valence-electron chi connectivity index (χ3n) is 2.66. The summed E-state index contributed by atoms with van der Waals surface area (Å²) in [5, 5.41) is 7.50. The van der Waals surface area contributed by atoms with Crippen LogP contribution in [0.5, 0.6) is 0 Å². The Bertz CT molecular complexity index is 455. The first kappa shape index (κ1) is 15.1. The molecule has 104 valence electrons. The molecule has 0 aliphatic heterocycles. The lowest BCUT2D eigenvalue weighted by atomic mass is 10.4. The van der Waals surface area contributed by atoms with Crippen molar-refractivity contribution in [1.82, 2.24) is 19.4 Å². The normalized spacial score (nSPS) is 12.2. The third kappa shape index (κ3) is 5.16. The lowest BCUT2D eigenvalue weighted by Crippen LogP contribution is -2.32. The van der Waals surface area contributed by atoms with Crippen LogP contribution < -0.4 is 5.32 Å². The number of hydrogen-bond donors (Lipinski definition) is 1. The second kappa shape index (κ2) is 6.86. The van der Waals surface area contributed by atoms with Gasteiger partial charge in [0.2, 0.25) is 10.0 Å². The molecule has 0 spiro atoms. The molecule has 0 unspecified atom stereocenters. The molecule has 0 aliphatic rings. The van der Waals surface area contributed by atoms with E-state index < -0.39 is 10.0 Å². The molecule has 0 atom stereocenters. The van der Waals surface area contributed by atoms with Crippen LogP contribution in [0.3, 0.4) is 0 Å². The molecule has 1 rings (SSSR count). The standard InChI is InChI=1S/C11H22N4O2S/c1-4-15(18(3,16)17)8-5-7-12-10-11-6-9-14(2)13-11/h6,9,12H,4-5,7-8,10H2,1-3H3. The number of nitrogens with zero attached hydrogens (tertiary/aromatic N) is 3. The van der Waals surface area contributed by atoms with Gasteiger partial charge in [0.25, 0.3) is 0 Å². The quantitative estimate of drug-likeness (QED) is 0.687. The van der Waals surface area contributed by atoms with Gasteiger partial charge in [-0.2, -0.15) is 5.10 Å². The highest BCUT2D eigenvalue weighted by molar-refractivity contribution is 7.88. The maximum Gasteiger partial charge on any atom is 0.211 e. The van der Waals surface area contributed by atoms with Gasteiger partial charge < -0.3 is 5.32 Å². The highest BCUT2D eigenvalue weighted by Crippen LogP contribution is 1.98. The van der Waals surface area contributed by atoms with Crippen LogP contribution in [0.4, 0.5) is 0 Å². The van der Waals surface area contributed by atoms with Crippen LogP contribution in [0.25, 0.3) is 0 Å². The van der Waals surface area contributed by atoms with E-state index in [1.54, 1.807) is 4.68 Å². The number of aryl methyl sites for hydroxylation is 1. The van der Waals surface area contributed by atoms with E-state index in [1.165, 1.54) is 10.6 Å². The van der Waals surface area contributed by atoms with Gasteiger partial charge in [-0.1, -0.05) is 6.92 Å². The molecule has 0 fully saturated rings. The molecule has 7 heteroatoms. The molecule has 18 heavy (non-hydrogen) atoms. The van der Waals surface area contributed by atoms with Crippen molar-refractivity contribution >= 4 is 10.0 Å². The van der Waals surface area contributed by atoms with Crippen molar-refractivity contribution in [3.05, 3.63) is 18.0 Å². The van der Waals surface area contributed by atoms with Gasteiger partial charge in [0.15, 0.2) is 0 Å². The summed E-state index contributed by atoms with van der Waals surface area (Å²) in [5.74, 6) is 0. The number of rotatable bonds is 8. The minimum atomic E-state index is -3.06. The molecule has 1 N–H and O–H groups in total. The number of aromatic nitrogens is 2. The average Bonchev–Trinajstić information content (AvgIpc) is 2.67. The maximum absolute atomic E-state index is 11.3. The molecule has 0 aliphatic carbocycles. The highest BCUT2D eigenvalue weighted by atomic mass is 32.2. The summed E-state index contributed by atoms with van der Waals surface area (Å²) in [6.07, 6.45) is 3.95. The summed E-state index contributed by atoms with van der Waals surface area (Å²) in [5.41, 5.74) is 0.993. The monoisotopic (exact) mass is 274 g/mol. The zero-order chi connectivity index (χ0) is 13.6. The molecule has 0 saturated heterocycles. The summed E-state index contributed by atoms with van der Waals surface area (Å²) in [6, 6.07) is 1.96. The lowest BCUT2D eigenvalue weighted by Gasteiger charge is -2.17. The van der Waals surface area contributed by atoms with Gasteiger partial charge in [-0.3, -0.25) is 4.68 Å². The van der Waals surface area contributed by atoms with E-state index in [9.17, 15) is 8.42 Å². The molecular formula is C11H22N4O2S. The molecule has 1 aromatic rings. The zero-order valence-corrected chi connectivity index (χ0v) is 12.1. The van der Waals surface area contributed by atoms with Crippen LogP contribution >= 0.6 is 0 Å². The van der Waals surface area contributed by atoms with Gasteiger partial charge in [0, 0.05) is 32.9 Å². The lowest BCUT2D eigenvalue weighted by molar-refractivity contribution is 0.418. The summed E-state index contributed by atoms with van der Waals surface area (Å²) < 4.78 is 25.9. The van der Waals surface area contributed by atoms with Crippen molar-refractivity contribution < 1.29 is 8.42 Å². The number of nitrogens with one attached hydrogen (secondary N) is 1. The third-order valence-corrected chi connectivity index (χ3v) is 4.04. The first-order valence-electron chi connectivity index (χ1n) is 6.08. The van der Waals surface area contributed by atoms with Gasteiger partial charge >= 0.3 is 0 Å². The first-order chi connectivity index (χ1) is 8.43. The van der Waals surface area contributed by atoms with Crippen LogP contribution in [-0.4, -0.2) is 48.4 Å². The highest BCUT2D eigenvalue weighted by Gasteiger charge is 2.12. The van der Waals surface area contributed by atoms with Crippen molar-refractivity contribution in [1.29, 1.82) is 0 Å². The predicted molar refractivity (Wildman–Crippen MR) is 71.6 cm³/mol. The van der Waals surface area contributed by atoms with E-state index >= 15 is 0 Å². The molecule has 1 heterocycles. The Morgan fingerprint density at radius 1 is 1.50 bits per heavy atom. The fourth-order valence-corrected chi connectivity index (χ4v) is 2.64. The maximum atomic E-state index is 11.3. The van der Waals surface area contributed by atoms with E-state index in [4.69, 9.17) is 0 Å². The molecule has 0 radical (unpaired) electrons. The van der Waals surface area contributed by atoms with Crippen LogP contribution in [0.15, 0.2) is 12.3 Å². The van der Waals surface area contributed by atoms with E-state index in [-0.39, 0.29) is 0 Å². The molecule has 1 aromatic heterocycles. The Labute approximate surface area is 109 Å². The van der Waals surface area contributed by atoms with Crippen LogP contribution in [0.2, 0.25) is 0 Å². The topological polar surface area (TPSA) is 67.2 Å². The fourth-order valence-electron chi connectivity index (χ4n) is 1.71. The van der Waals surface area contributed by atoms with Crippen molar-refractivity contribution in [2.45, 2.75) is 19.9 Å². The van der Waals surface area contributed by atoms with Gasteiger partial charge in [-0.25, -0.2) is 12.7 Å². The van der Waals surface area contributed by atoms with E-state index in [0.717, 1.165) is 18.7 Å². The fraction of sp³-hybridized carbons (Fsp3) is 0.727. The van der Waals surface area contributed by atoms with E-state index in [2.05, 4.69) is 10.4 Å². The Morgan fingerprint density at radius 3 is 2.72 bits per heavy atom. The Balaban J connectivity index is 2.19. The molecule has 0 saturated carbocycles. The second-order valence-electron chi connectivity index (χ2n) is 4.27. The number of hydrogen-bond acceptors (Lipinski definition) is 4. The summed E-state index contributed by atoms with van der Waals surface area (Å²) in [4.78, 5) is 0. The summed E-state index contributed by atoms with van der Waals surface area (Å²) >= 11 is 0. The van der Waals surface area contributed by atoms with Gasteiger partial charge in [0.05, 0.1) is 11.9 Å². The van der Waals surface area contributed by atoms with Crippen molar-refractivity contribution in [3.63, 3.8) is 0 Å². The largest absolute Gasteiger partial charge is 0.311 e. The molecule has 0 aromatic carbocycles. The molecular weight excluding hydrogens is 252 g/mol. The summed E-state index contributed by atoms with van der Waals surface area (Å²) in [6.45, 7) is 4.43. The Kier molecular flexibility index (Phi) is 5.77. The first-order valence-corrected chi connectivity index (χ1v) is 7.92. The van der Waals surface area contributed by atoms with Crippen molar-refractivity contribution in [3.8, 4) is 0 Å². The summed E-state index contributed by atoms with van der Waals surface area (Å²) in [7, 11) is -1.18.